The first-order chi connectivity index (χ1) is 10.0. The van der Waals surface area contributed by atoms with Gasteiger partial charge in [0.05, 0.1) is 0 Å². The Hall–Kier alpha value is -2.14. The Balaban J connectivity index is 2.15. The van der Waals surface area contributed by atoms with Gasteiger partial charge in [0, 0.05) is 16.1 Å². The van der Waals surface area contributed by atoms with Crippen molar-refractivity contribution >= 4 is 28.0 Å². The van der Waals surface area contributed by atoms with Gasteiger partial charge in [0.1, 0.15) is 18.2 Å². The summed E-state index contributed by atoms with van der Waals surface area (Å²) in [6.45, 7) is 0.274. The maximum Gasteiger partial charge on any atom is 0.328 e. The molecule has 0 atom stereocenters. The molecule has 21 heavy (non-hydrogen) atoms. The average Bonchev–Trinajstić information content (AvgIpc) is 2.45. The van der Waals surface area contributed by atoms with Gasteiger partial charge in [-0.15, -0.1) is 0 Å². The van der Waals surface area contributed by atoms with Crippen LogP contribution in [0.4, 0.5) is 4.39 Å². The highest BCUT2D eigenvalue weighted by Crippen LogP contribution is 2.25. The summed E-state index contributed by atoms with van der Waals surface area (Å²) < 4.78 is 19.3. The molecule has 0 spiro atoms. The van der Waals surface area contributed by atoms with Crippen molar-refractivity contribution in [1.29, 1.82) is 0 Å². The highest BCUT2D eigenvalue weighted by molar-refractivity contribution is 9.10. The Kier molecular flexibility index (Phi) is 5.11. The highest BCUT2D eigenvalue weighted by Gasteiger charge is 2.04. The zero-order valence-corrected chi connectivity index (χ0v) is 12.5. The second kappa shape index (κ2) is 7.04. The Morgan fingerprint density at radius 2 is 1.95 bits per heavy atom. The van der Waals surface area contributed by atoms with E-state index in [2.05, 4.69) is 15.9 Å². The molecule has 0 radical (unpaired) electrons. The monoisotopic (exact) mass is 350 g/mol. The second-order valence-corrected chi connectivity index (χ2v) is 5.18. The van der Waals surface area contributed by atoms with E-state index in [1.54, 1.807) is 30.3 Å². The van der Waals surface area contributed by atoms with E-state index in [9.17, 15) is 9.18 Å². The van der Waals surface area contributed by atoms with Crippen LogP contribution in [-0.4, -0.2) is 11.1 Å². The van der Waals surface area contributed by atoms with Crippen molar-refractivity contribution in [1.82, 2.24) is 0 Å². The number of aliphatic carboxylic acids is 1. The van der Waals surface area contributed by atoms with E-state index in [0.29, 0.717) is 11.3 Å². The fourth-order valence-electron chi connectivity index (χ4n) is 1.68. The Labute approximate surface area is 129 Å². The summed E-state index contributed by atoms with van der Waals surface area (Å²) in [6.07, 6.45) is 2.51. The molecule has 1 N–H and O–H groups in total. The summed E-state index contributed by atoms with van der Waals surface area (Å²) in [7, 11) is 0. The number of hydrogen-bond acceptors (Lipinski definition) is 2. The number of rotatable bonds is 5. The molecule has 2 rings (SSSR count). The van der Waals surface area contributed by atoms with Crippen LogP contribution in [0.1, 0.15) is 11.1 Å². The third-order valence-corrected chi connectivity index (χ3v) is 3.18. The predicted octanol–water partition coefficient (Wildman–Crippen LogP) is 4.27. The van der Waals surface area contributed by atoms with Crippen LogP contribution in [0.25, 0.3) is 6.08 Å². The van der Waals surface area contributed by atoms with Gasteiger partial charge in [-0.3, -0.25) is 0 Å². The van der Waals surface area contributed by atoms with Crippen molar-refractivity contribution in [3.63, 3.8) is 0 Å². The molecule has 0 saturated carbocycles. The maximum atomic E-state index is 12.8. The van der Waals surface area contributed by atoms with Gasteiger partial charge in [-0.25, -0.2) is 9.18 Å². The van der Waals surface area contributed by atoms with Crippen LogP contribution in [0.2, 0.25) is 0 Å². The van der Waals surface area contributed by atoms with Crippen molar-refractivity contribution in [2.45, 2.75) is 6.61 Å². The first-order valence-electron chi connectivity index (χ1n) is 6.12. The Morgan fingerprint density at radius 3 is 2.62 bits per heavy atom. The molecular formula is C16H12BrFO3. The summed E-state index contributed by atoms with van der Waals surface area (Å²) in [5.41, 5.74) is 1.47. The fourth-order valence-corrected chi connectivity index (χ4v) is 2.06. The van der Waals surface area contributed by atoms with E-state index in [1.807, 2.05) is 0 Å². The van der Waals surface area contributed by atoms with Crippen LogP contribution in [0, 0.1) is 5.82 Å². The molecule has 0 unspecified atom stereocenters. The van der Waals surface area contributed by atoms with E-state index in [-0.39, 0.29) is 12.4 Å². The lowest BCUT2D eigenvalue weighted by Crippen LogP contribution is -1.97. The molecule has 0 heterocycles. The summed E-state index contributed by atoms with van der Waals surface area (Å²) >= 11 is 3.33. The predicted molar refractivity (Wildman–Crippen MR) is 81.5 cm³/mol. The summed E-state index contributed by atoms with van der Waals surface area (Å²) in [5.74, 6) is -0.771. The van der Waals surface area contributed by atoms with Crippen LogP contribution >= 0.6 is 15.9 Å². The minimum absolute atomic E-state index is 0.274. The minimum Gasteiger partial charge on any atom is -0.488 e. The van der Waals surface area contributed by atoms with Crippen LogP contribution in [-0.2, 0) is 11.4 Å². The SMILES string of the molecule is O=C(O)/C=C\c1cc(Br)ccc1OCc1ccc(F)cc1. The number of ether oxygens (including phenoxy) is 1. The van der Waals surface area contributed by atoms with Crippen molar-refractivity contribution in [3.05, 3.63) is 70.0 Å². The molecule has 0 saturated heterocycles. The van der Waals surface area contributed by atoms with Gasteiger partial charge in [0.2, 0.25) is 0 Å². The number of hydrogen-bond donors (Lipinski definition) is 1. The number of carboxylic acids is 1. The average molecular weight is 351 g/mol. The first-order valence-corrected chi connectivity index (χ1v) is 6.92. The van der Waals surface area contributed by atoms with Gasteiger partial charge in [-0.05, 0) is 42.0 Å². The van der Waals surface area contributed by atoms with Crippen molar-refractivity contribution < 1.29 is 19.0 Å². The lowest BCUT2D eigenvalue weighted by Gasteiger charge is -2.10. The second-order valence-electron chi connectivity index (χ2n) is 4.27. The van der Waals surface area contributed by atoms with E-state index in [0.717, 1.165) is 16.1 Å². The summed E-state index contributed by atoms with van der Waals surface area (Å²) in [6, 6.07) is 11.3. The molecule has 0 aliphatic carbocycles. The molecule has 3 nitrogen and oxygen atoms in total. The van der Waals surface area contributed by atoms with Gasteiger partial charge in [-0.1, -0.05) is 28.1 Å². The molecule has 0 amide bonds. The van der Waals surface area contributed by atoms with E-state index in [1.165, 1.54) is 18.2 Å². The van der Waals surface area contributed by atoms with Crippen LogP contribution in [0.3, 0.4) is 0 Å². The van der Waals surface area contributed by atoms with Gasteiger partial charge in [-0.2, -0.15) is 0 Å². The summed E-state index contributed by atoms with van der Waals surface area (Å²) in [5, 5.41) is 8.69. The zero-order chi connectivity index (χ0) is 15.2. The lowest BCUT2D eigenvalue weighted by molar-refractivity contribution is -0.131. The molecule has 2 aromatic rings. The third kappa shape index (κ3) is 4.72. The maximum absolute atomic E-state index is 12.8. The molecule has 2 aromatic carbocycles. The molecule has 0 bridgehead atoms. The van der Waals surface area contributed by atoms with E-state index in [4.69, 9.17) is 9.84 Å². The molecule has 0 aromatic heterocycles. The number of carbonyl (C=O) groups is 1. The normalized spacial score (nSPS) is 10.8. The number of carboxylic acid groups (broad SMARTS) is 1. The first kappa shape index (κ1) is 15.3. The van der Waals surface area contributed by atoms with Gasteiger partial charge >= 0.3 is 5.97 Å². The lowest BCUT2D eigenvalue weighted by atomic mass is 10.2. The third-order valence-electron chi connectivity index (χ3n) is 2.68. The van der Waals surface area contributed by atoms with E-state index < -0.39 is 5.97 Å². The fraction of sp³-hybridized carbons (Fsp3) is 0.0625. The smallest absolute Gasteiger partial charge is 0.328 e. The summed E-state index contributed by atoms with van der Waals surface area (Å²) in [4.78, 5) is 10.6. The van der Waals surface area contributed by atoms with Crippen LogP contribution in [0.15, 0.2) is 53.0 Å². The highest BCUT2D eigenvalue weighted by atomic mass is 79.9. The molecule has 108 valence electrons. The largest absolute Gasteiger partial charge is 0.488 e. The Morgan fingerprint density at radius 1 is 1.24 bits per heavy atom. The van der Waals surface area contributed by atoms with Crippen LogP contribution in [0.5, 0.6) is 5.75 Å². The van der Waals surface area contributed by atoms with Crippen LogP contribution < -0.4 is 4.74 Å². The van der Waals surface area contributed by atoms with Crippen molar-refractivity contribution in [2.75, 3.05) is 0 Å². The van der Waals surface area contributed by atoms with Gasteiger partial charge in [0.15, 0.2) is 0 Å². The Bertz CT molecular complexity index is 666. The molecule has 0 aliphatic rings. The number of halogens is 2. The molecule has 5 heteroatoms. The minimum atomic E-state index is -1.03. The zero-order valence-electron chi connectivity index (χ0n) is 10.9. The van der Waals surface area contributed by atoms with Gasteiger partial charge in [0.25, 0.3) is 0 Å². The topological polar surface area (TPSA) is 46.5 Å². The van der Waals surface area contributed by atoms with Crippen molar-refractivity contribution in [2.24, 2.45) is 0 Å². The van der Waals surface area contributed by atoms with Gasteiger partial charge < -0.3 is 9.84 Å². The standard InChI is InChI=1S/C16H12BrFO3/c17-13-4-7-15(12(9-13)3-8-16(19)20)21-10-11-1-5-14(18)6-2-11/h1-9H,10H2,(H,19,20)/b8-3-. The van der Waals surface area contributed by atoms with Crippen molar-refractivity contribution in [3.8, 4) is 5.75 Å². The molecular weight excluding hydrogens is 339 g/mol. The quantitative estimate of drug-likeness (QED) is 0.819. The van der Waals surface area contributed by atoms with E-state index >= 15 is 0 Å². The molecule has 0 aliphatic heterocycles. The molecule has 0 fully saturated rings. The number of benzene rings is 2.